The van der Waals surface area contributed by atoms with Gasteiger partial charge in [0, 0.05) is 18.9 Å². The van der Waals surface area contributed by atoms with Gasteiger partial charge in [0.25, 0.3) is 0 Å². The third-order valence-corrected chi connectivity index (χ3v) is 3.21. The molecule has 14 heavy (non-hydrogen) atoms. The first-order chi connectivity index (χ1) is 6.66. The van der Waals surface area contributed by atoms with Crippen molar-refractivity contribution in [3.63, 3.8) is 0 Å². The van der Waals surface area contributed by atoms with Crippen LogP contribution < -0.4 is 10.6 Å². The van der Waals surface area contributed by atoms with Crippen LogP contribution in [0, 0.1) is 5.92 Å². The summed E-state index contributed by atoms with van der Waals surface area (Å²) in [5.41, 5.74) is 0. The zero-order chi connectivity index (χ0) is 10.0. The van der Waals surface area contributed by atoms with Gasteiger partial charge in [-0.25, -0.2) is 8.78 Å². The number of alkyl halides is 2. The number of nitrogens with one attached hydrogen (secondary N) is 2. The van der Waals surface area contributed by atoms with Gasteiger partial charge in [-0.3, -0.25) is 0 Å². The van der Waals surface area contributed by atoms with Gasteiger partial charge in [0.2, 0.25) is 5.92 Å². The normalized spacial score (nSPS) is 28.7. The Hall–Kier alpha value is -0.220. The lowest BCUT2D eigenvalue weighted by atomic mass is 9.81. The minimum Gasteiger partial charge on any atom is -0.317 e. The minimum absolute atomic E-state index is 0.0883. The molecule has 2 N–H and O–H groups in total. The van der Waals surface area contributed by atoms with Crippen LogP contribution in [0.1, 0.15) is 25.7 Å². The van der Waals surface area contributed by atoms with Crippen LogP contribution in [0.2, 0.25) is 0 Å². The lowest BCUT2D eigenvalue weighted by Gasteiger charge is -2.36. The fourth-order valence-electron chi connectivity index (χ4n) is 2.29. The number of rotatable bonds is 3. The Labute approximate surface area is 83.4 Å². The van der Waals surface area contributed by atoms with E-state index < -0.39 is 5.92 Å². The largest absolute Gasteiger partial charge is 0.317 e. The fourth-order valence-corrected chi connectivity index (χ4v) is 2.29. The molecule has 0 bridgehead atoms. The van der Waals surface area contributed by atoms with Crippen molar-refractivity contribution >= 4 is 0 Å². The van der Waals surface area contributed by atoms with E-state index in [2.05, 4.69) is 10.6 Å². The highest BCUT2D eigenvalue weighted by Gasteiger charge is 2.44. The second-order valence-corrected chi connectivity index (χ2v) is 4.56. The zero-order valence-corrected chi connectivity index (χ0v) is 8.36. The minimum atomic E-state index is -2.36. The number of piperidine rings is 1. The molecule has 1 aliphatic carbocycles. The summed E-state index contributed by atoms with van der Waals surface area (Å²) in [5.74, 6) is -2.15. The molecule has 0 aromatic heterocycles. The molecule has 2 aliphatic rings. The van der Waals surface area contributed by atoms with Gasteiger partial charge in [-0.2, -0.15) is 0 Å². The summed E-state index contributed by atoms with van der Waals surface area (Å²) in [6.07, 6.45) is 2.43. The topological polar surface area (TPSA) is 24.1 Å². The van der Waals surface area contributed by atoms with Crippen molar-refractivity contribution < 1.29 is 8.78 Å². The molecular weight excluding hydrogens is 186 g/mol. The second kappa shape index (κ2) is 4.11. The van der Waals surface area contributed by atoms with E-state index in [1.165, 1.54) is 0 Å². The van der Waals surface area contributed by atoms with Crippen molar-refractivity contribution in [2.24, 2.45) is 5.92 Å². The summed E-state index contributed by atoms with van der Waals surface area (Å²) < 4.78 is 25.0. The van der Waals surface area contributed by atoms with E-state index >= 15 is 0 Å². The van der Waals surface area contributed by atoms with Crippen LogP contribution in [0.5, 0.6) is 0 Å². The Morgan fingerprint density at radius 3 is 2.43 bits per heavy atom. The van der Waals surface area contributed by atoms with Crippen LogP contribution in [0.4, 0.5) is 8.78 Å². The molecule has 0 amide bonds. The van der Waals surface area contributed by atoms with Gasteiger partial charge in [0.1, 0.15) is 0 Å². The molecule has 4 heteroatoms. The molecule has 2 nitrogen and oxygen atoms in total. The Balaban J connectivity index is 1.59. The van der Waals surface area contributed by atoms with Crippen LogP contribution in [0.3, 0.4) is 0 Å². The Bertz CT molecular complexity index is 183. The first-order valence-electron chi connectivity index (χ1n) is 5.48. The number of hydrogen-bond donors (Lipinski definition) is 2. The third kappa shape index (κ3) is 2.64. The summed E-state index contributed by atoms with van der Waals surface area (Å²) in [4.78, 5) is 0. The Kier molecular flexibility index (Phi) is 3.02. The summed E-state index contributed by atoms with van der Waals surface area (Å²) in [5, 5.41) is 6.67. The van der Waals surface area contributed by atoms with Gasteiger partial charge in [-0.1, -0.05) is 0 Å². The van der Waals surface area contributed by atoms with E-state index in [0.29, 0.717) is 6.04 Å². The molecule has 0 spiro atoms. The Morgan fingerprint density at radius 2 is 1.86 bits per heavy atom. The van der Waals surface area contributed by atoms with Gasteiger partial charge in [0.05, 0.1) is 0 Å². The van der Waals surface area contributed by atoms with Crippen molar-refractivity contribution in [1.82, 2.24) is 10.6 Å². The quantitative estimate of drug-likeness (QED) is 0.725. The molecule has 0 radical (unpaired) electrons. The molecule has 0 unspecified atom stereocenters. The van der Waals surface area contributed by atoms with E-state index in [4.69, 9.17) is 0 Å². The van der Waals surface area contributed by atoms with Crippen molar-refractivity contribution in [3.8, 4) is 0 Å². The van der Waals surface area contributed by atoms with Crippen molar-refractivity contribution in [2.75, 3.05) is 19.6 Å². The molecule has 0 atom stereocenters. The molecule has 1 saturated heterocycles. The SMILES string of the molecule is FC1(F)CC(CNC2CCNCC2)C1. The highest BCUT2D eigenvalue weighted by atomic mass is 19.3. The van der Waals surface area contributed by atoms with Crippen molar-refractivity contribution in [3.05, 3.63) is 0 Å². The van der Waals surface area contributed by atoms with E-state index in [-0.39, 0.29) is 18.8 Å². The van der Waals surface area contributed by atoms with Crippen LogP contribution in [0.15, 0.2) is 0 Å². The second-order valence-electron chi connectivity index (χ2n) is 4.56. The monoisotopic (exact) mass is 204 g/mol. The predicted octanol–water partition coefficient (Wildman–Crippen LogP) is 1.37. The standard InChI is InChI=1S/C10H18F2N2/c11-10(12)5-8(6-10)7-14-9-1-3-13-4-2-9/h8-9,13-14H,1-7H2. The third-order valence-electron chi connectivity index (χ3n) is 3.21. The maximum Gasteiger partial charge on any atom is 0.248 e. The summed E-state index contributed by atoms with van der Waals surface area (Å²) in [7, 11) is 0. The van der Waals surface area contributed by atoms with Crippen LogP contribution in [0.25, 0.3) is 0 Å². The lowest BCUT2D eigenvalue weighted by Crippen LogP contribution is -2.46. The Morgan fingerprint density at radius 1 is 1.21 bits per heavy atom. The molecular formula is C10H18F2N2. The van der Waals surface area contributed by atoms with Gasteiger partial charge < -0.3 is 10.6 Å². The highest BCUT2D eigenvalue weighted by Crippen LogP contribution is 2.41. The van der Waals surface area contributed by atoms with Crippen molar-refractivity contribution in [1.29, 1.82) is 0 Å². The molecule has 1 heterocycles. The van der Waals surface area contributed by atoms with Crippen LogP contribution in [-0.4, -0.2) is 31.6 Å². The molecule has 1 aliphatic heterocycles. The molecule has 82 valence electrons. The molecule has 2 fully saturated rings. The molecule has 0 aromatic carbocycles. The fraction of sp³-hybridized carbons (Fsp3) is 1.00. The van der Waals surface area contributed by atoms with E-state index in [1.807, 2.05) is 0 Å². The maximum absolute atomic E-state index is 12.5. The number of halogens is 2. The van der Waals surface area contributed by atoms with Gasteiger partial charge in [0.15, 0.2) is 0 Å². The highest BCUT2D eigenvalue weighted by molar-refractivity contribution is 4.88. The smallest absolute Gasteiger partial charge is 0.248 e. The first kappa shape index (κ1) is 10.3. The molecule has 2 rings (SSSR count). The predicted molar refractivity (Wildman–Crippen MR) is 51.6 cm³/mol. The van der Waals surface area contributed by atoms with E-state index in [9.17, 15) is 8.78 Å². The maximum atomic E-state index is 12.5. The van der Waals surface area contributed by atoms with Crippen molar-refractivity contribution in [2.45, 2.75) is 37.6 Å². The lowest BCUT2D eigenvalue weighted by molar-refractivity contribution is -0.109. The zero-order valence-electron chi connectivity index (χ0n) is 8.36. The van der Waals surface area contributed by atoms with Gasteiger partial charge in [-0.05, 0) is 38.4 Å². The van der Waals surface area contributed by atoms with E-state index in [0.717, 1.165) is 32.5 Å². The average molecular weight is 204 g/mol. The van der Waals surface area contributed by atoms with Gasteiger partial charge in [-0.15, -0.1) is 0 Å². The molecule has 0 aromatic rings. The summed E-state index contributed by atoms with van der Waals surface area (Å²) >= 11 is 0. The summed E-state index contributed by atoms with van der Waals surface area (Å²) in [6, 6.07) is 0.547. The van der Waals surface area contributed by atoms with E-state index in [1.54, 1.807) is 0 Å². The van der Waals surface area contributed by atoms with Crippen LogP contribution >= 0.6 is 0 Å². The summed E-state index contributed by atoms with van der Waals surface area (Å²) in [6.45, 7) is 2.89. The first-order valence-corrected chi connectivity index (χ1v) is 5.48. The number of hydrogen-bond acceptors (Lipinski definition) is 2. The van der Waals surface area contributed by atoms with Gasteiger partial charge >= 0.3 is 0 Å². The average Bonchev–Trinajstić information content (AvgIpc) is 2.13. The van der Waals surface area contributed by atoms with Crippen LogP contribution in [-0.2, 0) is 0 Å². The molecule has 1 saturated carbocycles.